The van der Waals surface area contributed by atoms with Gasteiger partial charge in [0.1, 0.15) is 5.82 Å². The van der Waals surface area contributed by atoms with Crippen LogP contribution in [-0.4, -0.2) is 17.6 Å². The largest absolute Gasteiger partial charge is 0.481 e. The van der Waals surface area contributed by atoms with E-state index in [2.05, 4.69) is 5.32 Å². The van der Waals surface area contributed by atoms with Crippen molar-refractivity contribution in [3.8, 4) is 0 Å². The van der Waals surface area contributed by atoms with Crippen molar-refractivity contribution in [1.29, 1.82) is 0 Å². The Bertz CT molecular complexity index is 456. The third kappa shape index (κ3) is 3.57. The smallest absolute Gasteiger partial charge is 0.310 e. The number of hydrogen-bond donors (Lipinski definition) is 2. The molecule has 1 rings (SSSR count). The fraction of sp³-hybridized carbons (Fsp3) is 0.562. The van der Waals surface area contributed by atoms with Gasteiger partial charge in [-0.25, -0.2) is 4.39 Å². The van der Waals surface area contributed by atoms with Gasteiger partial charge in [-0.15, -0.1) is 0 Å². The van der Waals surface area contributed by atoms with Crippen LogP contribution in [0.4, 0.5) is 4.39 Å². The first-order chi connectivity index (χ1) is 9.50. The lowest BCUT2D eigenvalue weighted by Gasteiger charge is -2.27. The number of carboxylic acid groups (broad SMARTS) is 1. The Hall–Kier alpha value is -1.42. The van der Waals surface area contributed by atoms with Gasteiger partial charge in [0.2, 0.25) is 0 Å². The van der Waals surface area contributed by atoms with Gasteiger partial charge in [0, 0.05) is 18.7 Å². The summed E-state index contributed by atoms with van der Waals surface area (Å²) in [7, 11) is 0. The molecule has 0 amide bonds. The third-order valence-corrected chi connectivity index (χ3v) is 4.17. The number of nitrogens with one attached hydrogen (secondary N) is 1. The van der Waals surface area contributed by atoms with Gasteiger partial charge in [-0.2, -0.15) is 0 Å². The Morgan fingerprint density at radius 1 is 1.30 bits per heavy atom. The highest BCUT2D eigenvalue weighted by Crippen LogP contribution is 2.26. The zero-order valence-corrected chi connectivity index (χ0v) is 12.5. The maximum absolute atomic E-state index is 13.8. The Morgan fingerprint density at radius 3 is 2.45 bits per heavy atom. The number of aliphatic carboxylic acids is 1. The number of halogens is 1. The number of rotatable bonds is 8. The van der Waals surface area contributed by atoms with E-state index >= 15 is 0 Å². The molecule has 112 valence electrons. The molecule has 20 heavy (non-hydrogen) atoms. The number of benzene rings is 1. The second-order valence-electron chi connectivity index (χ2n) is 5.13. The molecule has 0 saturated heterocycles. The molecule has 1 aromatic rings. The summed E-state index contributed by atoms with van der Waals surface area (Å²) in [4.78, 5) is 11.4. The molecule has 2 N–H and O–H groups in total. The van der Waals surface area contributed by atoms with Gasteiger partial charge < -0.3 is 10.4 Å². The Labute approximate surface area is 120 Å². The van der Waals surface area contributed by atoms with E-state index in [4.69, 9.17) is 0 Å². The zero-order chi connectivity index (χ0) is 15.2. The van der Waals surface area contributed by atoms with Crippen LogP contribution in [0.2, 0.25) is 0 Å². The van der Waals surface area contributed by atoms with Crippen molar-refractivity contribution < 1.29 is 14.3 Å². The van der Waals surface area contributed by atoms with Gasteiger partial charge >= 0.3 is 5.97 Å². The van der Waals surface area contributed by atoms with Gasteiger partial charge in [0.15, 0.2) is 0 Å². The van der Waals surface area contributed by atoms with Crippen LogP contribution in [0.3, 0.4) is 0 Å². The summed E-state index contributed by atoms with van der Waals surface area (Å²) in [5, 5.41) is 12.5. The van der Waals surface area contributed by atoms with Crippen LogP contribution in [-0.2, 0) is 17.8 Å². The van der Waals surface area contributed by atoms with E-state index in [1.54, 1.807) is 6.07 Å². The van der Waals surface area contributed by atoms with Crippen molar-refractivity contribution in [2.75, 3.05) is 6.54 Å². The van der Waals surface area contributed by atoms with Crippen LogP contribution in [0.5, 0.6) is 0 Å². The molecule has 0 unspecified atom stereocenters. The van der Waals surface area contributed by atoms with Gasteiger partial charge in [-0.05, 0) is 30.9 Å². The number of carboxylic acids is 1. The quantitative estimate of drug-likeness (QED) is 0.768. The first-order valence-corrected chi connectivity index (χ1v) is 7.21. The lowest BCUT2D eigenvalue weighted by molar-refractivity contribution is -0.149. The third-order valence-electron chi connectivity index (χ3n) is 4.17. The molecule has 4 heteroatoms. The molecule has 0 aromatic heterocycles. The fourth-order valence-electron chi connectivity index (χ4n) is 2.44. The van der Waals surface area contributed by atoms with Crippen LogP contribution in [0, 0.1) is 11.2 Å². The molecule has 0 heterocycles. The van der Waals surface area contributed by atoms with Crippen molar-refractivity contribution in [2.24, 2.45) is 5.41 Å². The predicted octanol–water partition coefficient (Wildman–Crippen LogP) is 3.37. The van der Waals surface area contributed by atoms with Crippen LogP contribution in [0.25, 0.3) is 0 Å². The van der Waals surface area contributed by atoms with Crippen molar-refractivity contribution in [3.05, 3.63) is 35.1 Å². The summed E-state index contributed by atoms with van der Waals surface area (Å²) >= 11 is 0. The minimum Gasteiger partial charge on any atom is -0.481 e. The monoisotopic (exact) mass is 281 g/mol. The molecule has 1 aromatic carbocycles. The minimum atomic E-state index is -0.792. The van der Waals surface area contributed by atoms with E-state index in [1.165, 1.54) is 6.07 Å². The van der Waals surface area contributed by atoms with Crippen molar-refractivity contribution in [2.45, 2.75) is 46.6 Å². The zero-order valence-electron chi connectivity index (χ0n) is 12.5. The molecule has 0 bridgehead atoms. The lowest BCUT2D eigenvalue weighted by atomic mass is 9.82. The van der Waals surface area contributed by atoms with Crippen molar-refractivity contribution in [3.63, 3.8) is 0 Å². The maximum atomic E-state index is 13.8. The molecular weight excluding hydrogens is 257 g/mol. The van der Waals surface area contributed by atoms with Crippen molar-refractivity contribution >= 4 is 5.97 Å². The molecular formula is C16H24FNO2. The van der Waals surface area contributed by atoms with E-state index in [0.29, 0.717) is 31.5 Å². The molecule has 0 fully saturated rings. The van der Waals surface area contributed by atoms with Gasteiger partial charge in [0.25, 0.3) is 0 Å². The lowest BCUT2D eigenvalue weighted by Crippen LogP contribution is -2.40. The van der Waals surface area contributed by atoms with E-state index in [1.807, 2.05) is 26.8 Å². The molecule has 0 saturated carbocycles. The molecule has 0 spiro atoms. The molecule has 3 nitrogen and oxygen atoms in total. The average Bonchev–Trinajstić information content (AvgIpc) is 2.45. The standard InChI is InChI=1S/C16H24FNO2/c1-4-12-8-7-9-14(17)13(12)10-18-11-16(5-2,6-3)15(19)20/h7-9,18H,4-6,10-11H2,1-3H3,(H,19,20). The fourth-order valence-corrected chi connectivity index (χ4v) is 2.44. The highest BCUT2D eigenvalue weighted by atomic mass is 19.1. The summed E-state index contributed by atoms with van der Waals surface area (Å²) in [6.45, 7) is 6.45. The minimum absolute atomic E-state index is 0.231. The van der Waals surface area contributed by atoms with Crippen LogP contribution < -0.4 is 5.32 Å². The molecule has 0 aliphatic heterocycles. The van der Waals surface area contributed by atoms with Crippen LogP contribution >= 0.6 is 0 Å². The van der Waals surface area contributed by atoms with E-state index in [9.17, 15) is 14.3 Å². The Morgan fingerprint density at radius 2 is 1.95 bits per heavy atom. The number of carbonyl (C=O) groups is 1. The summed E-state index contributed by atoms with van der Waals surface area (Å²) in [6, 6.07) is 5.06. The van der Waals surface area contributed by atoms with Crippen LogP contribution in [0.1, 0.15) is 44.7 Å². The summed E-state index contributed by atoms with van der Waals surface area (Å²) in [5.41, 5.74) is 0.838. The molecule has 0 aliphatic rings. The highest BCUT2D eigenvalue weighted by molar-refractivity contribution is 5.74. The van der Waals surface area contributed by atoms with E-state index in [0.717, 1.165) is 12.0 Å². The topological polar surface area (TPSA) is 49.3 Å². The predicted molar refractivity (Wildman–Crippen MR) is 78.1 cm³/mol. The summed E-state index contributed by atoms with van der Waals surface area (Å²) in [5.74, 6) is -1.02. The number of aryl methyl sites for hydroxylation is 1. The first kappa shape index (κ1) is 16.6. The molecule has 0 aliphatic carbocycles. The molecule has 0 atom stereocenters. The van der Waals surface area contributed by atoms with E-state index < -0.39 is 11.4 Å². The maximum Gasteiger partial charge on any atom is 0.310 e. The van der Waals surface area contributed by atoms with Gasteiger partial charge in [-0.3, -0.25) is 4.79 Å². The highest BCUT2D eigenvalue weighted by Gasteiger charge is 2.34. The Kier molecular flexibility index (Phi) is 6.14. The average molecular weight is 281 g/mol. The first-order valence-electron chi connectivity index (χ1n) is 7.21. The summed E-state index contributed by atoms with van der Waals surface area (Å²) < 4.78 is 13.8. The second kappa shape index (κ2) is 7.39. The Balaban J connectivity index is 2.75. The van der Waals surface area contributed by atoms with Gasteiger partial charge in [-0.1, -0.05) is 32.9 Å². The number of hydrogen-bond acceptors (Lipinski definition) is 2. The van der Waals surface area contributed by atoms with Gasteiger partial charge in [0.05, 0.1) is 5.41 Å². The van der Waals surface area contributed by atoms with Crippen molar-refractivity contribution in [1.82, 2.24) is 5.32 Å². The normalized spacial score (nSPS) is 11.6. The van der Waals surface area contributed by atoms with E-state index in [-0.39, 0.29) is 5.82 Å². The second-order valence-corrected chi connectivity index (χ2v) is 5.13. The summed E-state index contributed by atoms with van der Waals surface area (Å²) in [6.07, 6.45) is 1.88. The van der Waals surface area contributed by atoms with Crippen LogP contribution in [0.15, 0.2) is 18.2 Å². The molecule has 0 radical (unpaired) electrons. The SMILES string of the molecule is CCc1cccc(F)c1CNCC(CC)(CC)C(=O)O.